The van der Waals surface area contributed by atoms with Gasteiger partial charge in [-0.15, -0.1) is 0 Å². The van der Waals surface area contributed by atoms with E-state index in [0.29, 0.717) is 0 Å². The minimum absolute atomic E-state index is 0.245. The molecule has 1 aromatic heterocycles. The van der Waals surface area contributed by atoms with E-state index in [1.165, 1.54) is 0 Å². The Labute approximate surface area is 57.9 Å². The van der Waals surface area contributed by atoms with Crippen molar-refractivity contribution in [1.29, 1.82) is 0 Å². The van der Waals surface area contributed by atoms with E-state index in [4.69, 9.17) is 5.73 Å². The maximum absolute atomic E-state index is 11.7. The number of nitrogens with two attached hydrogens (primary N) is 1. The summed E-state index contributed by atoms with van der Waals surface area (Å²) in [5.74, 6) is -0.336. The van der Waals surface area contributed by atoms with Gasteiger partial charge in [0.2, 0.25) is 11.0 Å². The summed E-state index contributed by atoms with van der Waals surface area (Å²) < 4.78 is 38.1. The van der Waals surface area contributed by atoms with Crippen molar-refractivity contribution in [2.45, 2.75) is 6.18 Å². The van der Waals surface area contributed by atoms with Gasteiger partial charge < -0.3 is 5.73 Å². The van der Waals surface area contributed by atoms with Gasteiger partial charge in [-0.05, 0) is 11.5 Å². The van der Waals surface area contributed by atoms with Crippen LogP contribution in [0.5, 0.6) is 0 Å². The fourth-order valence-electron chi connectivity index (χ4n) is 0.350. The lowest BCUT2D eigenvalue weighted by molar-refractivity contribution is -0.137. The molecule has 56 valence electrons. The predicted octanol–water partition coefficient (Wildman–Crippen LogP) is 1.14. The second-order valence-electron chi connectivity index (χ2n) is 1.46. The Morgan fingerprint density at radius 1 is 1.40 bits per heavy atom. The van der Waals surface area contributed by atoms with Crippen LogP contribution >= 0.6 is 11.5 Å². The summed E-state index contributed by atoms with van der Waals surface area (Å²) in [5, 5.41) is -1.01. The standard InChI is InChI=1S/C3H2F3N3S/c4-3(5,6)1-8-2(7)9-10-1/h(H2,7,9). The highest BCUT2D eigenvalue weighted by Crippen LogP contribution is 2.30. The SMILES string of the molecule is Nc1nsc(C(F)(F)F)n1. The van der Waals surface area contributed by atoms with Crippen molar-refractivity contribution in [3.05, 3.63) is 5.01 Å². The van der Waals surface area contributed by atoms with Crippen molar-refractivity contribution in [2.24, 2.45) is 0 Å². The third-order valence-corrected chi connectivity index (χ3v) is 1.46. The minimum Gasteiger partial charge on any atom is -0.367 e. The highest BCUT2D eigenvalue weighted by Gasteiger charge is 2.35. The number of anilines is 1. The molecule has 7 heteroatoms. The van der Waals surface area contributed by atoms with Gasteiger partial charge in [-0.1, -0.05) is 0 Å². The molecule has 0 amide bonds. The molecule has 1 rings (SSSR count). The number of nitrogen functional groups attached to an aromatic ring is 1. The Hall–Kier alpha value is -0.850. The number of rotatable bonds is 0. The molecule has 0 aliphatic heterocycles. The molecule has 0 saturated heterocycles. The van der Waals surface area contributed by atoms with Crippen LogP contribution in [-0.4, -0.2) is 9.36 Å². The Balaban J connectivity index is 2.96. The molecule has 0 aromatic carbocycles. The normalized spacial score (nSPS) is 11.9. The van der Waals surface area contributed by atoms with E-state index in [-0.39, 0.29) is 17.5 Å². The third kappa shape index (κ3) is 1.35. The van der Waals surface area contributed by atoms with Crippen LogP contribution in [0.1, 0.15) is 5.01 Å². The summed E-state index contributed by atoms with van der Waals surface area (Å²) in [6, 6.07) is 0. The first-order chi connectivity index (χ1) is 4.50. The van der Waals surface area contributed by atoms with Crippen molar-refractivity contribution in [3.8, 4) is 0 Å². The van der Waals surface area contributed by atoms with E-state index in [1.54, 1.807) is 0 Å². The molecule has 0 atom stereocenters. The molecule has 0 saturated carbocycles. The van der Waals surface area contributed by atoms with Crippen LogP contribution in [0.25, 0.3) is 0 Å². The fourth-order valence-corrected chi connectivity index (χ4v) is 0.809. The topological polar surface area (TPSA) is 51.8 Å². The highest BCUT2D eigenvalue weighted by atomic mass is 32.1. The van der Waals surface area contributed by atoms with E-state index in [1.807, 2.05) is 0 Å². The zero-order valence-corrected chi connectivity index (χ0v) is 5.33. The van der Waals surface area contributed by atoms with Crippen LogP contribution in [0.3, 0.4) is 0 Å². The van der Waals surface area contributed by atoms with E-state index < -0.39 is 11.2 Å². The smallest absolute Gasteiger partial charge is 0.367 e. The Kier molecular flexibility index (Phi) is 1.51. The summed E-state index contributed by atoms with van der Waals surface area (Å²) in [4.78, 5) is 2.94. The number of alkyl halides is 3. The van der Waals surface area contributed by atoms with Gasteiger partial charge in [-0.3, -0.25) is 0 Å². The third-order valence-electron chi connectivity index (χ3n) is 0.684. The Morgan fingerprint density at radius 2 is 2.00 bits per heavy atom. The van der Waals surface area contributed by atoms with E-state index in [2.05, 4.69) is 9.36 Å². The van der Waals surface area contributed by atoms with Gasteiger partial charge in [0.1, 0.15) is 0 Å². The number of aromatic nitrogens is 2. The van der Waals surface area contributed by atoms with Crippen molar-refractivity contribution in [2.75, 3.05) is 5.73 Å². The van der Waals surface area contributed by atoms with Gasteiger partial charge in [0.05, 0.1) is 0 Å². The molecule has 0 fully saturated rings. The summed E-state index contributed by atoms with van der Waals surface area (Å²) in [6.07, 6.45) is -4.42. The molecule has 0 bridgehead atoms. The van der Waals surface area contributed by atoms with Crippen molar-refractivity contribution < 1.29 is 13.2 Å². The lowest BCUT2D eigenvalue weighted by atomic mass is 10.7. The molecule has 0 aliphatic rings. The molecule has 0 radical (unpaired) electrons. The summed E-state index contributed by atoms with van der Waals surface area (Å²) >= 11 is 0.245. The Morgan fingerprint density at radius 3 is 2.20 bits per heavy atom. The molecule has 3 nitrogen and oxygen atoms in total. The monoisotopic (exact) mass is 169 g/mol. The maximum atomic E-state index is 11.7. The van der Waals surface area contributed by atoms with Crippen molar-refractivity contribution in [1.82, 2.24) is 9.36 Å². The first kappa shape index (κ1) is 7.26. The van der Waals surface area contributed by atoms with Crippen LogP contribution in [0, 0.1) is 0 Å². The molecule has 0 spiro atoms. The number of hydrogen-bond acceptors (Lipinski definition) is 4. The van der Waals surface area contributed by atoms with Crippen LogP contribution in [-0.2, 0) is 6.18 Å². The first-order valence-corrected chi connectivity index (χ1v) is 2.94. The minimum atomic E-state index is -4.42. The Bertz CT molecular complexity index is 229. The quantitative estimate of drug-likeness (QED) is 0.633. The summed E-state index contributed by atoms with van der Waals surface area (Å²) in [5.41, 5.74) is 4.86. The molecule has 10 heavy (non-hydrogen) atoms. The molecule has 1 heterocycles. The van der Waals surface area contributed by atoms with Gasteiger partial charge in [0, 0.05) is 0 Å². The molecule has 2 N–H and O–H groups in total. The second kappa shape index (κ2) is 2.08. The van der Waals surface area contributed by atoms with Crippen molar-refractivity contribution >= 4 is 17.5 Å². The van der Waals surface area contributed by atoms with E-state index >= 15 is 0 Å². The number of halogens is 3. The van der Waals surface area contributed by atoms with Gasteiger partial charge in [0.25, 0.3) is 0 Å². The van der Waals surface area contributed by atoms with E-state index in [0.717, 1.165) is 0 Å². The highest BCUT2D eigenvalue weighted by molar-refractivity contribution is 7.05. The fraction of sp³-hybridized carbons (Fsp3) is 0.333. The summed E-state index contributed by atoms with van der Waals surface area (Å²) in [6.45, 7) is 0. The lowest BCUT2D eigenvalue weighted by Gasteiger charge is -1.96. The lowest BCUT2D eigenvalue weighted by Crippen LogP contribution is -2.03. The zero-order chi connectivity index (χ0) is 7.78. The van der Waals surface area contributed by atoms with Crippen LogP contribution in [0.15, 0.2) is 0 Å². The predicted molar refractivity (Wildman–Crippen MR) is 29.3 cm³/mol. The second-order valence-corrected chi connectivity index (χ2v) is 2.21. The molecule has 1 aromatic rings. The molecule has 0 unspecified atom stereocenters. The van der Waals surface area contributed by atoms with Crippen molar-refractivity contribution in [3.63, 3.8) is 0 Å². The van der Waals surface area contributed by atoms with E-state index in [9.17, 15) is 13.2 Å². The van der Waals surface area contributed by atoms with Gasteiger partial charge in [-0.25, -0.2) is 0 Å². The molecule has 0 aliphatic carbocycles. The van der Waals surface area contributed by atoms with Gasteiger partial charge >= 0.3 is 6.18 Å². The number of nitrogens with zero attached hydrogens (tertiary/aromatic N) is 2. The van der Waals surface area contributed by atoms with Gasteiger partial charge in [-0.2, -0.15) is 22.5 Å². The zero-order valence-electron chi connectivity index (χ0n) is 4.51. The first-order valence-electron chi connectivity index (χ1n) is 2.16. The van der Waals surface area contributed by atoms with Crippen LogP contribution < -0.4 is 5.73 Å². The largest absolute Gasteiger partial charge is 0.444 e. The van der Waals surface area contributed by atoms with Gasteiger partial charge in [0.15, 0.2) is 0 Å². The van der Waals surface area contributed by atoms with Crippen LogP contribution in [0.2, 0.25) is 0 Å². The average molecular weight is 169 g/mol. The summed E-state index contributed by atoms with van der Waals surface area (Å²) in [7, 11) is 0. The molecular formula is C3H2F3N3S. The molecular weight excluding hydrogens is 167 g/mol. The maximum Gasteiger partial charge on any atom is 0.444 e. The number of hydrogen-bond donors (Lipinski definition) is 1. The van der Waals surface area contributed by atoms with Crippen LogP contribution in [0.4, 0.5) is 19.1 Å². The average Bonchev–Trinajstić information content (AvgIpc) is 2.11.